The predicted octanol–water partition coefficient (Wildman–Crippen LogP) is 3.04. The summed E-state index contributed by atoms with van der Waals surface area (Å²) in [7, 11) is 1.42. The van der Waals surface area contributed by atoms with Crippen LogP contribution in [0.3, 0.4) is 0 Å². The molecule has 2 N–H and O–H groups in total. The average molecular weight is 375 g/mol. The van der Waals surface area contributed by atoms with Gasteiger partial charge in [0, 0.05) is 35.8 Å². The molecule has 138 valence electrons. The monoisotopic (exact) mass is 374 g/mol. The van der Waals surface area contributed by atoms with E-state index in [1.165, 1.54) is 7.11 Å². The van der Waals surface area contributed by atoms with Crippen LogP contribution in [-0.2, 0) is 16.0 Å². The number of hydrogen-bond donors (Lipinski definition) is 2. The lowest BCUT2D eigenvalue weighted by molar-refractivity contribution is -0.148. The predicted molar refractivity (Wildman–Crippen MR) is 103 cm³/mol. The van der Waals surface area contributed by atoms with Gasteiger partial charge < -0.3 is 15.0 Å². The molecule has 2 heterocycles. The molecule has 5 nitrogen and oxygen atoms in total. The molecular weight excluding hydrogens is 352 g/mol. The Labute approximate surface area is 158 Å². The van der Waals surface area contributed by atoms with Crippen molar-refractivity contribution in [2.24, 2.45) is 11.8 Å². The third kappa shape index (κ3) is 2.85. The van der Waals surface area contributed by atoms with E-state index < -0.39 is 0 Å². The maximum atomic E-state index is 13.0. The number of para-hydroxylation sites is 1. The summed E-state index contributed by atoms with van der Waals surface area (Å²) in [5.41, 5.74) is 3.78. The van der Waals surface area contributed by atoms with Gasteiger partial charge in [0.25, 0.3) is 0 Å². The fourth-order valence-corrected chi connectivity index (χ4v) is 4.43. The zero-order valence-corrected chi connectivity index (χ0v) is 15.7. The van der Waals surface area contributed by atoms with Gasteiger partial charge in [-0.3, -0.25) is 9.59 Å². The Morgan fingerprint density at radius 2 is 2.04 bits per heavy atom. The molecule has 2 bridgehead atoms. The second-order valence-electron chi connectivity index (χ2n) is 6.86. The number of ketones is 1. The number of carbonyl (C=O) groups excluding carboxylic acids is 2. The van der Waals surface area contributed by atoms with Crippen molar-refractivity contribution in [1.29, 1.82) is 0 Å². The summed E-state index contributed by atoms with van der Waals surface area (Å²) in [4.78, 5) is 28.8. The largest absolute Gasteiger partial charge is 0.469 e. The van der Waals surface area contributed by atoms with Crippen LogP contribution in [-0.4, -0.2) is 36.4 Å². The van der Waals surface area contributed by atoms with Crippen LogP contribution in [0.4, 0.5) is 0 Å². The molecule has 0 spiro atoms. The second kappa shape index (κ2) is 7.25. The maximum Gasteiger partial charge on any atom is 0.310 e. The third-order valence-corrected chi connectivity index (χ3v) is 5.68. The number of methoxy groups -OCH3 is 1. The highest BCUT2D eigenvalue weighted by molar-refractivity contribution is 6.03. The molecule has 26 heavy (non-hydrogen) atoms. The number of esters is 1. The number of allylic oxidation sites excluding steroid dienone is 1. The Kier molecular flexibility index (Phi) is 5.21. The minimum atomic E-state index is -0.337. The van der Waals surface area contributed by atoms with Crippen molar-refractivity contribution in [3.8, 4) is 0 Å². The van der Waals surface area contributed by atoms with Crippen LogP contribution in [0.25, 0.3) is 10.9 Å². The molecular formula is C20H23ClN2O3. The lowest BCUT2D eigenvalue weighted by Gasteiger charge is -2.40. The number of rotatable bonds is 1. The lowest BCUT2D eigenvalue weighted by atomic mass is 9.71. The summed E-state index contributed by atoms with van der Waals surface area (Å²) in [5.74, 6) is -0.603. The molecule has 2 aromatic rings. The van der Waals surface area contributed by atoms with Crippen LogP contribution in [0.5, 0.6) is 0 Å². The SMILES string of the molecule is C/C=C1/CNC2Cc3c([nH]c4ccccc34)C(=O)CC1C2C(=O)OC.Cl. The first-order chi connectivity index (χ1) is 12.1. The number of aromatic amines is 1. The molecule has 2 aliphatic rings. The summed E-state index contributed by atoms with van der Waals surface area (Å²) in [6.07, 6.45) is 2.99. The molecule has 0 radical (unpaired) electrons. The van der Waals surface area contributed by atoms with Crippen molar-refractivity contribution in [2.45, 2.75) is 25.8 Å². The zero-order valence-electron chi connectivity index (χ0n) is 14.9. The number of halogens is 1. The Balaban J connectivity index is 0.00000196. The van der Waals surface area contributed by atoms with Crippen LogP contribution >= 0.6 is 12.4 Å². The van der Waals surface area contributed by atoms with E-state index in [-0.39, 0.29) is 42.0 Å². The summed E-state index contributed by atoms with van der Waals surface area (Å²) in [6.45, 7) is 2.67. The van der Waals surface area contributed by atoms with Crippen LogP contribution in [0, 0.1) is 11.8 Å². The van der Waals surface area contributed by atoms with Gasteiger partial charge in [0.05, 0.1) is 18.7 Å². The molecule has 1 aliphatic carbocycles. The van der Waals surface area contributed by atoms with E-state index in [1.54, 1.807) is 0 Å². The number of carbonyl (C=O) groups is 2. The topological polar surface area (TPSA) is 71.2 Å². The minimum absolute atomic E-state index is 0. The van der Waals surface area contributed by atoms with E-state index in [1.807, 2.05) is 37.3 Å². The summed E-state index contributed by atoms with van der Waals surface area (Å²) >= 11 is 0. The average Bonchev–Trinajstić information content (AvgIpc) is 2.99. The number of hydrogen-bond acceptors (Lipinski definition) is 4. The summed E-state index contributed by atoms with van der Waals surface area (Å²) < 4.78 is 5.08. The first kappa shape index (κ1) is 18.7. The molecule has 3 atom stereocenters. The van der Waals surface area contributed by atoms with Gasteiger partial charge in [-0.05, 0) is 25.0 Å². The van der Waals surface area contributed by atoms with Gasteiger partial charge >= 0.3 is 5.97 Å². The van der Waals surface area contributed by atoms with E-state index in [4.69, 9.17) is 4.74 Å². The number of nitrogens with one attached hydrogen (secondary N) is 2. The number of benzene rings is 1. The van der Waals surface area contributed by atoms with Gasteiger partial charge in [-0.15, -0.1) is 12.4 Å². The van der Waals surface area contributed by atoms with Crippen LogP contribution in [0.2, 0.25) is 0 Å². The first-order valence-electron chi connectivity index (χ1n) is 8.73. The fraction of sp³-hybridized carbons (Fsp3) is 0.400. The summed E-state index contributed by atoms with van der Waals surface area (Å²) in [5, 5.41) is 4.56. The Bertz CT molecular complexity index is 886. The minimum Gasteiger partial charge on any atom is -0.469 e. The maximum absolute atomic E-state index is 13.0. The molecule has 1 aromatic heterocycles. The third-order valence-electron chi connectivity index (χ3n) is 5.68. The Morgan fingerprint density at radius 3 is 2.77 bits per heavy atom. The van der Waals surface area contributed by atoms with Crippen LogP contribution in [0.15, 0.2) is 35.9 Å². The number of piperidine rings is 1. The zero-order chi connectivity index (χ0) is 17.6. The van der Waals surface area contributed by atoms with Gasteiger partial charge in [0.2, 0.25) is 0 Å². The number of ether oxygens (including phenoxy) is 1. The van der Waals surface area contributed by atoms with Gasteiger partial charge in [-0.25, -0.2) is 0 Å². The van der Waals surface area contributed by atoms with Crippen molar-refractivity contribution in [3.63, 3.8) is 0 Å². The molecule has 1 aliphatic heterocycles. The smallest absolute Gasteiger partial charge is 0.310 e. The van der Waals surface area contributed by atoms with Crippen molar-refractivity contribution in [2.75, 3.05) is 13.7 Å². The van der Waals surface area contributed by atoms with E-state index in [0.717, 1.165) is 22.0 Å². The van der Waals surface area contributed by atoms with Gasteiger partial charge in [-0.1, -0.05) is 29.8 Å². The molecule has 4 rings (SSSR count). The molecule has 0 amide bonds. The van der Waals surface area contributed by atoms with Crippen molar-refractivity contribution >= 4 is 35.1 Å². The van der Waals surface area contributed by atoms with Gasteiger partial charge in [-0.2, -0.15) is 0 Å². The number of fused-ring (bicyclic) bond motifs is 5. The van der Waals surface area contributed by atoms with E-state index in [9.17, 15) is 9.59 Å². The second-order valence-corrected chi connectivity index (χ2v) is 6.86. The number of aromatic nitrogens is 1. The standard InChI is InChI=1S/C20H22N2O3.ClH/c1-3-11-10-21-16-8-14-12-6-4-5-7-15(12)22-19(14)17(23)9-13(11)18(16)20(24)25-2;/h3-7,13,16,18,21-22H,8-10H2,1-2H3;1H/b11-3-;. The van der Waals surface area contributed by atoms with E-state index >= 15 is 0 Å². The quantitative estimate of drug-likeness (QED) is 0.594. The molecule has 1 saturated heterocycles. The highest BCUT2D eigenvalue weighted by Crippen LogP contribution is 2.38. The summed E-state index contributed by atoms with van der Waals surface area (Å²) in [6, 6.07) is 7.92. The molecule has 3 unspecified atom stereocenters. The first-order valence-corrected chi connectivity index (χ1v) is 8.73. The van der Waals surface area contributed by atoms with Crippen molar-refractivity contribution in [1.82, 2.24) is 10.3 Å². The number of H-pyrrole nitrogens is 1. The van der Waals surface area contributed by atoms with Gasteiger partial charge in [0.15, 0.2) is 5.78 Å². The Hall–Kier alpha value is -2.11. The van der Waals surface area contributed by atoms with E-state index in [2.05, 4.69) is 10.3 Å². The van der Waals surface area contributed by atoms with Crippen molar-refractivity contribution in [3.05, 3.63) is 47.2 Å². The molecule has 6 heteroatoms. The molecule has 1 aromatic carbocycles. The Morgan fingerprint density at radius 1 is 1.27 bits per heavy atom. The normalized spacial score (nSPS) is 26.6. The van der Waals surface area contributed by atoms with Crippen molar-refractivity contribution < 1.29 is 14.3 Å². The molecule has 1 fully saturated rings. The highest BCUT2D eigenvalue weighted by Gasteiger charge is 2.44. The highest BCUT2D eigenvalue weighted by atomic mass is 35.5. The fourth-order valence-electron chi connectivity index (χ4n) is 4.43. The molecule has 0 saturated carbocycles. The van der Waals surface area contributed by atoms with Crippen LogP contribution < -0.4 is 5.32 Å². The van der Waals surface area contributed by atoms with Gasteiger partial charge in [0.1, 0.15) is 0 Å². The van der Waals surface area contributed by atoms with E-state index in [0.29, 0.717) is 25.1 Å². The lowest BCUT2D eigenvalue weighted by Crippen LogP contribution is -2.53. The number of Topliss-reactive ketones (excluding diaryl/α,β-unsaturated/α-hetero) is 1. The van der Waals surface area contributed by atoms with Crippen LogP contribution in [0.1, 0.15) is 29.4 Å².